The first-order valence-electron chi connectivity index (χ1n) is 8.70. The highest BCUT2D eigenvalue weighted by Gasteiger charge is 2.10. The van der Waals surface area contributed by atoms with E-state index >= 15 is 0 Å². The minimum absolute atomic E-state index is 0.538. The van der Waals surface area contributed by atoms with Crippen molar-refractivity contribution in [1.29, 1.82) is 0 Å². The molecule has 0 aliphatic heterocycles. The third-order valence-corrected chi connectivity index (χ3v) is 3.97. The molecule has 2 heteroatoms. The van der Waals surface area contributed by atoms with E-state index in [2.05, 4.69) is 49.1 Å². The van der Waals surface area contributed by atoms with Crippen molar-refractivity contribution >= 4 is 0 Å². The van der Waals surface area contributed by atoms with E-state index in [-0.39, 0.29) is 0 Å². The predicted molar refractivity (Wildman–Crippen MR) is 89.1 cm³/mol. The molecule has 0 saturated carbocycles. The standard InChI is InChI=1S/C18H34N2/c1-4-7-8-9-10-11-14-20-15-13-17(16-20)18(12-5-2)19-6-3/h13,15-16,18-19H,4-12,14H2,1-3H3. The molecule has 1 rings (SSSR count). The lowest BCUT2D eigenvalue weighted by atomic mass is 10.1. The number of hydrogen-bond acceptors (Lipinski definition) is 1. The zero-order chi connectivity index (χ0) is 14.6. The molecule has 0 saturated heterocycles. The van der Waals surface area contributed by atoms with Crippen molar-refractivity contribution in [2.24, 2.45) is 0 Å². The molecular weight excluding hydrogens is 244 g/mol. The lowest BCUT2D eigenvalue weighted by Gasteiger charge is -2.15. The van der Waals surface area contributed by atoms with E-state index in [1.165, 1.54) is 63.5 Å². The monoisotopic (exact) mass is 278 g/mol. The van der Waals surface area contributed by atoms with Gasteiger partial charge in [0.25, 0.3) is 0 Å². The number of rotatable bonds is 12. The van der Waals surface area contributed by atoms with Gasteiger partial charge in [-0.1, -0.05) is 59.3 Å². The molecule has 1 atom stereocenters. The zero-order valence-electron chi connectivity index (χ0n) is 13.8. The van der Waals surface area contributed by atoms with Crippen LogP contribution in [0.4, 0.5) is 0 Å². The normalized spacial score (nSPS) is 12.8. The Balaban J connectivity index is 2.30. The second-order valence-corrected chi connectivity index (χ2v) is 5.85. The second-order valence-electron chi connectivity index (χ2n) is 5.85. The summed E-state index contributed by atoms with van der Waals surface area (Å²) >= 11 is 0. The second kappa shape index (κ2) is 11.0. The van der Waals surface area contributed by atoms with Crippen molar-refractivity contribution < 1.29 is 0 Å². The fourth-order valence-corrected chi connectivity index (χ4v) is 2.80. The fraction of sp³-hybridized carbons (Fsp3) is 0.778. The largest absolute Gasteiger partial charge is 0.354 e. The average Bonchev–Trinajstić information content (AvgIpc) is 2.91. The van der Waals surface area contributed by atoms with E-state index < -0.39 is 0 Å². The molecule has 1 aromatic heterocycles. The Morgan fingerprint density at radius 2 is 1.75 bits per heavy atom. The summed E-state index contributed by atoms with van der Waals surface area (Å²) < 4.78 is 2.37. The minimum atomic E-state index is 0.538. The van der Waals surface area contributed by atoms with Crippen LogP contribution in [0.15, 0.2) is 18.5 Å². The van der Waals surface area contributed by atoms with Crippen LogP contribution in [0.2, 0.25) is 0 Å². The first-order chi connectivity index (χ1) is 9.81. The van der Waals surface area contributed by atoms with Crippen molar-refractivity contribution in [2.45, 2.75) is 84.7 Å². The highest BCUT2D eigenvalue weighted by Crippen LogP contribution is 2.19. The van der Waals surface area contributed by atoms with Crippen LogP contribution >= 0.6 is 0 Å². The quantitative estimate of drug-likeness (QED) is 0.513. The summed E-state index contributed by atoms with van der Waals surface area (Å²) in [7, 11) is 0. The number of unbranched alkanes of at least 4 members (excludes halogenated alkanes) is 5. The summed E-state index contributed by atoms with van der Waals surface area (Å²) in [4.78, 5) is 0. The molecule has 1 unspecified atom stereocenters. The summed E-state index contributed by atoms with van der Waals surface area (Å²) in [6.45, 7) is 8.95. The molecule has 0 aliphatic rings. The molecule has 0 amide bonds. The maximum atomic E-state index is 3.59. The van der Waals surface area contributed by atoms with Crippen LogP contribution in [0.1, 0.15) is 83.7 Å². The highest BCUT2D eigenvalue weighted by atomic mass is 15.0. The van der Waals surface area contributed by atoms with Crippen molar-refractivity contribution in [3.05, 3.63) is 24.0 Å². The van der Waals surface area contributed by atoms with E-state index in [4.69, 9.17) is 0 Å². The van der Waals surface area contributed by atoms with Crippen molar-refractivity contribution in [1.82, 2.24) is 9.88 Å². The average molecular weight is 278 g/mol. The number of aromatic nitrogens is 1. The first kappa shape index (κ1) is 17.3. The molecule has 0 bridgehead atoms. The van der Waals surface area contributed by atoms with Gasteiger partial charge < -0.3 is 9.88 Å². The molecule has 0 aromatic carbocycles. The Morgan fingerprint density at radius 3 is 2.45 bits per heavy atom. The van der Waals surface area contributed by atoms with E-state index in [1.54, 1.807) is 0 Å². The third kappa shape index (κ3) is 6.60. The molecular formula is C18H34N2. The Kier molecular flexibility index (Phi) is 9.48. The van der Waals surface area contributed by atoms with Crippen molar-refractivity contribution in [3.8, 4) is 0 Å². The van der Waals surface area contributed by atoms with Crippen LogP contribution in [-0.4, -0.2) is 11.1 Å². The molecule has 2 nitrogen and oxygen atoms in total. The molecule has 0 aliphatic carbocycles. The lowest BCUT2D eigenvalue weighted by molar-refractivity contribution is 0.506. The van der Waals surface area contributed by atoms with Gasteiger partial charge in [-0.3, -0.25) is 0 Å². The van der Waals surface area contributed by atoms with E-state index in [9.17, 15) is 0 Å². The Bertz CT molecular complexity index is 324. The molecule has 0 spiro atoms. The van der Waals surface area contributed by atoms with Gasteiger partial charge in [-0.15, -0.1) is 0 Å². The van der Waals surface area contributed by atoms with Crippen LogP contribution in [0, 0.1) is 0 Å². The highest BCUT2D eigenvalue weighted by molar-refractivity contribution is 5.15. The molecule has 0 fully saturated rings. The van der Waals surface area contributed by atoms with Gasteiger partial charge in [0.15, 0.2) is 0 Å². The van der Waals surface area contributed by atoms with Gasteiger partial charge in [0.2, 0.25) is 0 Å². The number of nitrogens with one attached hydrogen (secondary N) is 1. The third-order valence-electron chi connectivity index (χ3n) is 3.97. The molecule has 1 N–H and O–H groups in total. The lowest BCUT2D eigenvalue weighted by Crippen LogP contribution is -2.20. The van der Waals surface area contributed by atoms with Gasteiger partial charge >= 0.3 is 0 Å². The Morgan fingerprint density at radius 1 is 1.00 bits per heavy atom. The van der Waals surface area contributed by atoms with Gasteiger partial charge in [-0.05, 0) is 31.0 Å². The maximum absolute atomic E-state index is 3.59. The van der Waals surface area contributed by atoms with Crippen molar-refractivity contribution in [2.75, 3.05) is 6.54 Å². The number of hydrogen-bond donors (Lipinski definition) is 1. The van der Waals surface area contributed by atoms with E-state index in [1.807, 2.05) is 0 Å². The van der Waals surface area contributed by atoms with Gasteiger partial charge in [0.1, 0.15) is 0 Å². The summed E-state index contributed by atoms with van der Waals surface area (Å²) in [5.74, 6) is 0. The maximum Gasteiger partial charge on any atom is 0.0335 e. The molecule has 1 heterocycles. The summed E-state index contributed by atoms with van der Waals surface area (Å²) in [5.41, 5.74) is 1.46. The van der Waals surface area contributed by atoms with Gasteiger partial charge in [0, 0.05) is 25.0 Å². The van der Waals surface area contributed by atoms with Crippen LogP contribution in [0.3, 0.4) is 0 Å². The molecule has 116 valence electrons. The number of nitrogens with zero attached hydrogens (tertiary/aromatic N) is 1. The number of aryl methyl sites for hydroxylation is 1. The Labute approximate surface area is 126 Å². The summed E-state index contributed by atoms with van der Waals surface area (Å²) in [6.07, 6.45) is 15.3. The molecule has 20 heavy (non-hydrogen) atoms. The molecule has 0 radical (unpaired) electrons. The van der Waals surface area contributed by atoms with Gasteiger partial charge in [-0.2, -0.15) is 0 Å². The predicted octanol–water partition coefficient (Wildman–Crippen LogP) is 5.30. The SMILES string of the molecule is CCCCCCCCn1ccc(C(CCC)NCC)c1. The van der Waals surface area contributed by atoms with E-state index in [0.29, 0.717) is 6.04 Å². The van der Waals surface area contributed by atoms with Crippen LogP contribution < -0.4 is 5.32 Å². The van der Waals surface area contributed by atoms with Crippen LogP contribution in [-0.2, 0) is 6.54 Å². The molecule has 1 aromatic rings. The van der Waals surface area contributed by atoms with Crippen molar-refractivity contribution in [3.63, 3.8) is 0 Å². The summed E-state index contributed by atoms with van der Waals surface area (Å²) in [5, 5.41) is 3.59. The first-order valence-corrected chi connectivity index (χ1v) is 8.70. The topological polar surface area (TPSA) is 17.0 Å². The minimum Gasteiger partial charge on any atom is -0.354 e. The van der Waals surface area contributed by atoms with E-state index in [0.717, 1.165) is 6.54 Å². The van der Waals surface area contributed by atoms with Gasteiger partial charge in [0.05, 0.1) is 0 Å². The van der Waals surface area contributed by atoms with Crippen LogP contribution in [0.25, 0.3) is 0 Å². The van der Waals surface area contributed by atoms with Gasteiger partial charge in [-0.25, -0.2) is 0 Å². The smallest absolute Gasteiger partial charge is 0.0335 e. The fourth-order valence-electron chi connectivity index (χ4n) is 2.80. The zero-order valence-corrected chi connectivity index (χ0v) is 13.8. The Hall–Kier alpha value is -0.760. The summed E-state index contributed by atoms with van der Waals surface area (Å²) in [6, 6.07) is 2.83. The van der Waals surface area contributed by atoms with Crippen LogP contribution in [0.5, 0.6) is 0 Å².